The van der Waals surface area contributed by atoms with Gasteiger partial charge in [0.15, 0.2) is 0 Å². The molecular weight excluding hydrogens is 290 g/mol. The topological polar surface area (TPSA) is 63.7 Å². The van der Waals surface area contributed by atoms with Gasteiger partial charge in [0.25, 0.3) is 0 Å². The molecule has 21 heavy (non-hydrogen) atoms. The summed E-state index contributed by atoms with van der Waals surface area (Å²) in [6.07, 6.45) is 11.1. The van der Waals surface area contributed by atoms with Crippen LogP contribution in [-0.4, -0.2) is 45.7 Å². The van der Waals surface area contributed by atoms with E-state index in [1.807, 2.05) is 0 Å². The Hall–Kier alpha value is -0.620. The lowest BCUT2D eigenvalue weighted by Gasteiger charge is -2.21. The van der Waals surface area contributed by atoms with Crippen LogP contribution in [-0.2, 0) is 19.1 Å². The summed E-state index contributed by atoms with van der Waals surface area (Å²) in [5.74, 6) is -0.676. The highest BCUT2D eigenvalue weighted by atomic mass is 32.2. The smallest absolute Gasteiger partial charge is 0.339 e. The number of rotatable bonds is 12. The van der Waals surface area contributed by atoms with E-state index in [-0.39, 0.29) is 0 Å². The normalized spacial score (nSPS) is 13.4. The average Bonchev–Trinajstić information content (AvgIpc) is 2.34. The molecule has 1 unspecified atom stereocenters. The molecule has 0 aromatic rings. The van der Waals surface area contributed by atoms with E-state index in [0.717, 1.165) is 19.1 Å². The minimum absolute atomic E-state index is 0.486. The van der Waals surface area contributed by atoms with Gasteiger partial charge in [-0.3, -0.25) is 4.90 Å². The second kappa shape index (κ2) is 11.0. The minimum Gasteiger partial charge on any atom is -0.344 e. The van der Waals surface area contributed by atoms with Crippen LogP contribution >= 0.6 is 0 Å². The zero-order valence-corrected chi connectivity index (χ0v) is 14.7. The minimum atomic E-state index is -3.73. The van der Waals surface area contributed by atoms with E-state index in [2.05, 4.69) is 11.1 Å². The number of carbonyl (C=O) groups excluding carboxylic acids is 1. The highest BCUT2D eigenvalue weighted by molar-refractivity contribution is 7.86. The predicted molar refractivity (Wildman–Crippen MR) is 85.6 cm³/mol. The molecule has 6 heteroatoms. The lowest BCUT2D eigenvalue weighted by Crippen LogP contribution is -2.38. The van der Waals surface area contributed by atoms with E-state index in [0.29, 0.717) is 6.42 Å². The first-order valence-corrected chi connectivity index (χ1v) is 9.69. The van der Waals surface area contributed by atoms with Gasteiger partial charge in [-0.05, 0) is 20.5 Å². The van der Waals surface area contributed by atoms with Crippen molar-refractivity contribution in [3.63, 3.8) is 0 Å². The van der Waals surface area contributed by atoms with E-state index in [1.54, 1.807) is 19.0 Å². The maximum Gasteiger partial charge on any atom is 0.339 e. The number of likely N-dealkylation sites (N-methyl/N-ethyl adjacent to an activating group) is 1. The zero-order valence-electron chi connectivity index (χ0n) is 13.9. The molecule has 0 aliphatic heterocycles. The Morgan fingerprint density at radius 3 is 1.90 bits per heavy atom. The fourth-order valence-corrected chi connectivity index (χ4v) is 2.67. The second-order valence-corrected chi connectivity index (χ2v) is 7.42. The number of carbonyl (C=O) groups is 1. The van der Waals surface area contributed by atoms with Crippen LogP contribution < -0.4 is 0 Å². The summed E-state index contributed by atoms with van der Waals surface area (Å²) in [6, 6.07) is -0.486. The summed E-state index contributed by atoms with van der Waals surface area (Å²) in [6.45, 7) is 2.21. The molecule has 0 radical (unpaired) electrons. The molecule has 0 aromatic carbocycles. The van der Waals surface area contributed by atoms with Gasteiger partial charge in [-0.25, -0.2) is 4.79 Å². The highest BCUT2D eigenvalue weighted by Gasteiger charge is 2.24. The Bertz CT molecular complexity index is 379. The van der Waals surface area contributed by atoms with Gasteiger partial charge in [0, 0.05) is 0 Å². The fourth-order valence-electron chi connectivity index (χ4n) is 2.26. The Morgan fingerprint density at radius 1 is 1.00 bits per heavy atom. The number of unbranched alkanes of at least 4 members (excludes halogenated alkanes) is 7. The van der Waals surface area contributed by atoms with Gasteiger partial charge in [-0.1, -0.05) is 58.3 Å². The quantitative estimate of drug-likeness (QED) is 0.408. The van der Waals surface area contributed by atoms with E-state index in [1.165, 1.54) is 38.5 Å². The van der Waals surface area contributed by atoms with Crippen molar-refractivity contribution in [1.82, 2.24) is 4.90 Å². The van der Waals surface area contributed by atoms with Crippen molar-refractivity contribution >= 4 is 16.1 Å². The first-order chi connectivity index (χ1) is 9.78. The van der Waals surface area contributed by atoms with E-state index < -0.39 is 22.1 Å². The van der Waals surface area contributed by atoms with Crippen LogP contribution in [0, 0.1) is 0 Å². The lowest BCUT2D eigenvalue weighted by atomic mass is 10.0. The second-order valence-electron chi connectivity index (χ2n) is 5.85. The Morgan fingerprint density at radius 2 is 1.48 bits per heavy atom. The monoisotopic (exact) mass is 321 g/mol. The van der Waals surface area contributed by atoms with Gasteiger partial charge < -0.3 is 4.18 Å². The van der Waals surface area contributed by atoms with Crippen LogP contribution in [0.15, 0.2) is 0 Å². The van der Waals surface area contributed by atoms with Crippen molar-refractivity contribution in [2.24, 2.45) is 0 Å². The highest BCUT2D eigenvalue weighted by Crippen LogP contribution is 2.13. The SMILES string of the molecule is CCCCCCCCCCC(C(=O)OS(C)(=O)=O)N(C)C. The molecule has 0 saturated heterocycles. The van der Waals surface area contributed by atoms with Gasteiger partial charge in [0.1, 0.15) is 6.04 Å². The van der Waals surface area contributed by atoms with Crippen LogP contribution in [0.2, 0.25) is 0 Å². The molecular formula is C15H31NO4S. The molecule has 0 fully saturated rings. The average molecular weight is 321 g/mol. The maximum absolute atomic E-state index is 11.8. The molecule has 0 aliphatic carbocycles. The Kier molecular flexibility index (Phi) is 10.7. The molecule has 0 aliphatic rings. The summed E-state index contributed by atoms with van der Waals surface area (Å²) in [5.41, 5.74) is 0. The van der Waals surface area contributed by atoms with Crippen molar-refractivity contribution in [1.29, 1.82) is 0 Å². The first kappa shape index (κ1) is 20.4. The summed E-state index contributed by atoms with van der Waals surface area (Å²) in [5, 5.41) is 0. The van der Waals surface area contributed by atoms with Crippen molar-refractivity contribution in [3.05, 3.63) is 0 Å². The van der Waals surface area contributed by atoms with Crippen LogP contribution in [0.4, 0.5) is 0 Å². The molecule has 5 nitrogen and oxygen atoms in total. The third kappa shape index (κ3) is 11.7. The number of nitrogens with zero attached hydrogens (tertiary/aromatic N) is 1. The van der Waals surface area contributed by atoms with Gasteiger partial charge in [0.05, 0.1) is 6.26 Å². The number of hydrogen-bond donors (Lipinski definition) is 0. The zero-order chi connectivity index (χ0) is 16.3. The van der Waals surface area contributed by atoms with Crippen molar-refractivity contribution in [2.45, 2.75) is 70.8 Å². The van der Waals surface area contributed by atoms with E-state index in [4.69, 9.17) is 0 Å². The van der Waals surface area contributed by atoms with Crippen molar-refractivity contribution < 1.29 is 17.4 Å². The van der Waals surface area contributed by atoms with E-state index >= 15 is 0 Å². The summed E-state index contributed by atoms with van der Waals surface area (Å²) >= 11 is 0. The first-order valence-electron chi connectivity index (χ1n) is 7.87. The van der Waals surface area contributed by atoms with Gasteiger partial charge in [-0.2, -0.15) is 8.42 Å². The lowest BCUT2D eigenvalue weighted by molar-refractivity contribution is -0.139. The van der Waals surface area contributed by atoms with E-state index in [9.17, 15) is 13.2 Å². The third-order valence-corrected chi connectivity index (χ3v) is 3.93. The van der Waals surface area contributed by atoms with Crippen molar-refractivity contribution in [3.8, 4) is 0 Å². The third-order valence-electron chi connectivity index (χ3n) is 3.46. The predicted octanol–water partition coefficient (Wildman–Crippen LogP) is 2.95. The van der Waals surface area contributed by atoms with Gasteiger partial charge in [0.2, 0.25) is 0 Å². The Balaban J connectivity index is 3.93. The molecule has 0 saturated carbocycles. The van der Waals surface area contributed by atoms with Crippen LogP contribution in [0.25, 0.3) is 0 Å². The molecule has 0 bridgehead atoms. The standard InChI is InChI=1S/C15H31NO4S/c1-5-6-7-8-9-10-11-12-13-14(16(2)3)15(17)20-21(4,18)19/h14H,5-13H2,1-4H3. The summed E-state index contributed by atoms with van der Waals surface area (Å²) in [7, 11) is -0.201. The molecule has 0 N–H and O–H groups in total. The molecule has 0 rings (SSSR count). The summed E-state index contributed by atoms with van der Waals surface area (Å²) in [4.78, 5) is 13.5. The molecule has 0 heterocycles. The van der Waals surface area contributed by atoms with Crippen LogP contribution in [0.1, 0.15) is 64.7 Å². The van der Waals surface area contributed by atoms with Gasteiger partial charge >= 0.3 is 16.1 Å². The van der Waals surface area contributed by atoms with Crippen molar-refractivity contribution in [2.75, 3.05) is 20.4 Å². The molecule has 1 atom stereocenters. The summed E-state index contributed by atoms with van der Waals surface area (Å²) < 4.78 is 26.5. The fraction of sp³-hybridized carbons (Fsp3) is 0.933. The van der Waals surface area contributed by atoms with Gasteiger partial charge in [-0.15, -0.1) is 0 Å². The molecule has 0 spiro atoms. The molecule has 0 amide bonds. The molecule has 0 aromatic heterocycles. The largest absolute Gasteiger partial charge is 0.344 e. The molecule has 126 valence electrons. The number of hydrogen-bond acceptors (Lipinski definition) is 5. The van der Waals surface area contributed by atoms with Crippen LogP contribution in [0.3, 0.4) is 0 Å². The van der Waals surface area contributed by atoms with Crippen LogP contribution in [0.5, 0.6) is 0 Å². The maximum atomic E-state index is 11.8. The Labute approximate surface area is 130 Å².